The first-order valence-electron chi connectivity index (χ1n) is 8.19. The Bertz CT molecular complexity index is 955. The maximum Gasteiger partial charge on any atom is 0.343 e. The maximum absolute atomic E-state index is 13.8. The van der Waals surface area contributed by atoms with Crippen molar-refractivity contribution in [3.05, 3.63) is 38.8 Å². The van der Waals surface area contributed by atoms with E-state index < -0.39 is 17.2 Å². The van der Waals surface area contributed by atoms with E-state index in [9.17, 15) is 19.1 Å². The number of hydrogen-bond acceptors (Lipinski definition) is 4. The summed E-state index contributed by atoms with van der Waals surface area (Å²) in [6.07, 6.45) is 2.43. The summed E-state index contributed by atoms with van der Waals surface area (Å²) in [5.74, 6) is -1.64. The molecule has 1 atom stereocenters. The standard InChI is InChI=1S/C17H17ClFN3O3/c18-12-6-8(19)5-11-14(12)22(10-1-2-10)16(13(15(11)23)17(24)25)21-4-3-9(20)7-21/h5-6,9-10H,1-4,7,20H2,(H,24,25). The average Bonchev–Trinajstić information content (AvgIpc) is 3.28. The summed E-state index contributed by atoms with van der Waals surface area (Å²) in [7, 11) is 0. The predicted octanol–water partition coefficient (Wildman–Crippen LogP) is 2.36. The second kappa shape index (κ2) is 5.71. The minimum absolute atomic E-state index is 0.00143. The minimum atomic E-state index is -1.32. The lowest BCUT2D eigenvalue weighted by atomic mass is 10.1. The van der Waals surface area contributed by atoms with Gasteiger partial charge in [0.15, 0.2) is 0 Å². The SMILES string of the molecule is NC1CCN(c2c(C(=O)O)c(=O)c3cc(F)cc(Cl)c3n2C2CC2)C1. The molecule has 4 rings (SSSR count). The van der Waals surface area contributed by atoms with Crippen LogP contribution in [-0.2, 0) is 0 Å². The molecular formula is C17H17ClFN3O3. The van der Waals surface area contributed by atoms with Gasteiger partial charge in [-0.05, 0) is 31.4 Å². The summed E-state index contributed by atoms with van der Waals surface area (Å²) in [6.45, 7) is 1.04. The van der Waals surface area contributed by atoms with Gasteiger partial charge in [0.05, 0.1) is 15.9 Å². The Morgan fingerprint density at radius 1 is 1.32 bits per heavy atom. The zero-order valence-electron chi connectivity index (χ0n) is 13.3. The number of benzene rings is 1. The fourth-order valence-electron chi connectivity index (χ4n) is 3.62. The number of aromatic nitrogens is 1. The second-order valence-corrected chi connectivity index (χ2v) is 7.12. The Morgan fingerprint density at radius 2 is 2.04 bits per heavy atom. The predicted molar refractivity (Wildman–Crippen MR) is 93.2 cm³/mol. The molecule has 2 heterocycles. The molecule has 0 spiro atoms. The number of halogens is 2. The lowest BCUT2D eigenvalue weighted by molar-refractivity contribution is 0.0695. The molecule has 1 aromatic carbocycles. The van der Waals surface area contributed by atoms with Gasteiger partial charge in [-0.2, -0.15) is 0 Å². The van der Waals surface area contributed by atoms with Crippen molar-refractivity contribution in [3.63, 3.8) is 0 Å². The summed E-state index contributed by atoms with van der Waals surface area (Å²) in [6, 6.07) is 2.19. The van der Waals surface area contributed by atoms with Crippen molar-refractivity contribution in [3.8, 4) is 0 Å². The van der Waals surface area contributed by atoms with Crippen LogP contribution in [0.1, 0.15) is 35.7 Å². The number of carbonyl (C=O) groups is 1. The van der Waals surface area contributed by atoms with Gasteiger partial charge in [0.2, 0.25) is 5.43 Å². The molecule has 2 aromatic rings. The first kappa shape index (κ1) is 16.4. The van der Waals surface area contributed by atoms with Gasteiger partial charge in [-0.1, -0.05) is 11.6 Å². The molecule has 0 radical (unpaired) electrons. The summed E-state index contributed by atoms with van der Waals surface area (Å²) >= 11 is 6.26. The average molecular weight is 366 g/mol. The van der Waals surface area contributed by atoms with E-state index in [1.807, 2.05) is 4.90 Å². The number of rotatable bonds is 3. The van der Waals surface area contributed by atoms with Crippen LogP contribution in [-0.4, -0.2) is 34.8 Å². The third kappa shape index (κ3) is 2.58. The third-order valence-electron chi connectivity index (χ3n) is 4.84. The van der Waals surface area contributed by atoms with Crippen molar-refractivity contribution < 1.29 is 14.3 Å². The van der Waals surface area contributed by atoms with E-state index in [2.05, 4.69) is 0 Å². The molecule has 1 aromatic heterocycles. The van der Waals surface area contributed by atoms with E-state index in [1.54, 1.807) is 4.57 Å². The van der Waals surface area contributed by atoms with Gasteiger partial charge in [0.25, 0.3) is 0 Å². The fourth-order valence-corrected chi connectivity index (χ4v) is 3.91. The molecule has 6 nitrogen and oxygen atoms in total. The number of anilines is 1. The number of carboxylic acids is 1. The molecule has 3 N–H and O–H groups in total. The first-order chi connectivity index (χ1) is 11.9. The van der Waals surface area contributed by atoms with Crippen molar-refractivity contribution in [2.75, 3.05) is 18.0 Å². The minimum Gasteiger partial charge on any atom is -0.477 e. The number of carboxylic acid groups (broad SMARTS) is 1. The van der Waals surface area contributed by atoms with Crippen molar-refractivity contribution >= 4 is 34.3 Å². The smallest absolute Gasteiger partial charge is 0.343 e. The Labute approximate surface area is 147 Å². The quantitative estimate of drug-likeness (QED) is 0.871. The number of aromatic carboxylic acids is 1. The Morgan fingerprint density at radius 3 is 2.60 bits per heavy atom. The van der Waals surface area contributed by atoms with E-state index in [4.69, 9.17) is 17.3 Å². The van der Waals surface area contributed by atoms with Gasteiger partial charge in [-0.3, -0.25) is 4.79 Å². The summed E-state index contributed by atoms with van der Waals surface area (Å²) in [5.41, 5.74) is 5.33. The summed E-state index contributed by atoms with van der Waals surface area (Å²) in [4.78, 5) is 26.6. The number of pyridine rings is 1. The lowest BCUT2D eigenvalue weighted by Crippen LogP contribution is -2.33. The van der Waals surface area contributed by atoms with Gasteiger partial charge >= 0.3 is 5.97 Å². The molecule has 1 unspecified atom stereocenters. The van der Waals surface area contributed by atoms with Crippen LogP contribution < -0.4 is 16.1 Å². The van der Waals surface area contributed by atoms with E-state index in [1.165, 1.54) is 0 Å². The van der Waals surface area contributed by atoms with E-state index in [0.717, 1.165) is 25.0 Å². The highest BCUT2D eigenvalue weighted by Crippen LogP contribution is 2.43. The van der Waals surface area contributed by atoms with Gasteiger partial charge in [-0.15, -0.1) is 0 Å². The molecule has 2 aliphatic rings. The fraction of sp³-hybridized carbons (Fsp3) is 0.412. The van der Waals surface area contributed by atoms with E-state index in [0.29, 0.717) is 30.8 Å². The molecule has 1 aliphatic heterocycles. The lowest BCUT2D eigenvalue weighted by Gasteiger charge is -2.27. The van der Waals surface area contributed by atoms with Crippen LogP contribution in [0.4, 0.5) is 10.2 Å². The normalized spacial score (nSPS) is 20.4. The summed E-state index contributed by atoms with van der Waals surface area (Å²) in [5, 5.41) is 9.81. The van der Waals surface area contributed by atoms with Gasteiger partial charge in [0.1, 0.15) is 17.2 Å². The molecule has 0 bridgehead atoms. The van der Waals surface area contributed by atoms with Crippen LogP contribution in [0, 0.1) is 5.82 Å². The van der Waals surface area contributed by atoms with Crippen LogP contribution in [0.15, 0.2) is 16.9 Å². The first-order valence-corrected chi connectivity index (χ1v) is 8.57. The van der Waals surface area contributed by atoms with Crippen LogP contribution in [0.2, 0.25) is 5.02 Å². The Hall–Kier alpha value is -2.12. The van der Waals surface area contributed by atoms with Crippen LogP contribution in [0.3, 0.4) is 0 Å². The van der Waals surface area contributed by atoms with Crippen molar-refractivity contribution in [2.45, 2.75) is 31.3 Å². The van der Waals surface area contributed by atoms with Crippen molar-refractivity contribution in [1.82, 2.24) is 4.57 Å². The van der Waals surface area contributed by atoms with Crippen LogP contribution in [0.5, 0.6) is 0 Å². The number of hydrogen-bond donors (Lipinski definition) is 2. The zero-order chi connectivity index (χ0) is 17.9. The Balaban J connectivity index is 2.14. The largest absolute Gasteiger partial charge is 0.477 e. The second-order valence-electron chi connectivity index (χ2n) is 6.71. The molecule has 2 fully saturated rings. The maximum atomic E-state index is 13.8. The topological polar surface area (TPSA) is 88.6 Å². The number of fused-ring (bicyclic) bond motifs is 1. The van der Waals surface area contributed by atoms with Crippen molar-refractivity contribution in [1.29, 1.82) is 0 Å². The number of nitrogens with zero attached hydrogens (tertiary/aromatic N) is 2. The summed E-state index contributed by atoms with van der Waals surface area (Å²) < 4.78 is 15.6. The molecule has 1 aliphatic carbocycles. The highest BCUT2D eigenvalue weighted by atomic mass is 35.5. The monoisotopic (exact) mass is 365 g/mol. The van der Waals surface area contributed by atoms with Crippen LogP contribution in [0.25, 0.3) is 10.9 Å². The molecule has 1 saturated carbocycles. The van der Waals surface area contributed by atoms with E-state index in [-0.39, 0.29) is 28.1 Å². The van der Waals surface area contributed by atoms with Gasteiger partial charge in [-0.25, -0.2) is 9.18 Å². The van der Waals surface area contributed by atoms with Gasteiger partial charge < -0.3 is 20.3 Å². The molecule has 25 heavy (non-hydrogen) atoms. The van der Waals surface area contributed by atoms with Gasteiger partial charge in [0, 0.05) is 25.2 Å². The Kier molecular flexibility index (Phi) is 3.73. The molecule has 1 saturated heterocycles. The third-order valence-corrected chi connectivity index (χ3v) is 5.13. The molecule has 8 heteroatoms. The highest BCUT2D eigenvalue weighted by Gasteiger charge is 2.36. The molecule has 0 amide bonds. The zero-order valence-corrected chi connectivity index (χ0v) is 14.1. The molecular weight excluding hydrogens is 349 g/mol. The van der Waals surface area contributed by atoms with Crippen molar-refractivity contribution in [2.24, 2.45) is 5.73 Å². The molecule has 132 valence electrons. The number of nitrogens with two attached hydrogens (primary N) is 1. The highest BCUT2D eigenvalue weighted by molar-refractivity contribution is 6.35. The van der Waals surface area contributed by atoms with Crippen LogP contribution >= 0.6 is 11.6 Å². The van der Waals surface area contributed by atoms with E-state index >= 15 is 0 Å².